The lowest BCUT2D eigenvalue weighted by atomic mass is 10.1. The third-order valence-electron chi connectivity index (χ3n) is 4.29. The molecule has 0 bridgehead atoms. The fourth-order valence-electron chi connectivity index (χ4n) is 3.02. The monoisotopic (exact) mass is 247 g/mol. The predicted molar refractivity (Wildman–Crippen MR) is 77.3 cm³/mol. The summed E-state index contributed by atoms with van der Waals surface area (Å²) in [6, 6.07) is 9.59. The summed E-state index contributed by atoms with van der Waals surface area (Å²) in [6.45, 7) is 9.29. The molecular weight excluding hydrogens is 220 g/mol. The quantitative estimate of drug-likeness (QED) is 0.762. The van der Waals surface area contributed by atoms with Crippen LogP contribution in [0.4, 0.5) is 0 Å². The van der Waals surface area contributed by atoms with Crippen molar-refractivity contribution in [3.05, 3.63) is 35.4 Å². The number of fused-ring (bicyclic) bond motifs is 1. The Kier molecular flexibility index (Phi) is 4.41. The van der Waals surface area contributed by atoms with Crippen LogP contribution in [0.1, 0.15) is 37.8 Å². The summed E-state index contributed by atoms with van der Waals surface area (Å²) in [6.07, 6.45) is 2.47. The highest BCUT2D eigenvalue weighted by Gasteiger charge is 2.30. The van der Waals surface area contributed by atoms with Crippen LogP contribution in [-0.2, 0) is 13.1 Å². The number of rotatable bonds is 6. The lowest BCUT2D eigenvalue weighted by molar-refractivity contribution is -0.927. The van der Waals surface area contributed by atoms with Gasteiger partial charge in [0.05, 0.1) is 13.6 Å². The Morgan fingerprint density at radius 3 is 2.17 bits per heavy atom. The fourth-order valence-corrected chi connectivity index (χ4v) is 3.02. The summed E-state index contributed by atoms with van der Waals surface area (Å²) in [5, 5.41) is 3.68. The van der Waals surface area contributed by atoms with Crippen LogP contribution in [0, 0.1) is 0 Å². The minimum Gasteiger partial charge on any atom is -0.317 e. The van der Waals surface area contributed by atoms with Crippen molar-refractivity contribution in [2.24, 2.45) is 0 Å². The third kappa shape index (κ3) is 3.12. The van der Waals surface area contributed by atoms with Gasteiger partial charge in [0.1, 0.15) is 13.1 Å². The number of nitrogens with zero attached hydrogens (tertiary/aromatic N) is 1. The number of hydrogen-bond donors (Lipinski definition) is 1. The van der Waals surface area contributed by atoms with Gasteiger partial charge in [-0.05, 0) is 12.8 Å². The van der Waals surface area contributed by atoms with Crippen molar-refractivity contribution in [2.75, 3.05) is 20.1 Å². The Bertz CT molecular complexity index is 357. The van der Waals surface area contributed by atoms with Crippen LogP contribution >= 0.6 is 0 Å². The molecule has 0 aliphatic carbocycles. The minimum atomic E-state index is 0.696. The molecule has 1 aliphatic rings. The molecule has 2 nitrogen and oxygen atoms in total. The summed E-state index contributed by atoms with van der Waals surface area (Å²) in [4.78, 5) is 0. The average molecular weight is 247 g/mol. The van der Waals surface area contributed by atoms with Gasteiger partial charge in [-0.2, -0.15) is 0 Å². The molecule has 1 N–H and O–H groups in total. The molecule has 1 aromatic carbocycles. The molecule has 1 heterocycles. The maximum absolute atomic E-state index is 3.68. The second-order valence-corrected chi connectivity index (χ2v) is 5.90. The first-order valence-electron chi connectivity index (χ1n) is 7.30. The van der Waals surface area contributed by atoms with Crippen LogP contribution in [0.2, 0.25) is 0 Å². The van der Waals surface area contributed by atoms with Gasteiger partial charge >= 0.3 is 0 Å². The van der Waals surface area contributed by atoms with E-state index >= 15 is 0 Å². The van der Waals surface area contributed by atoms with Gasteiger partial charge in [0.25, 0.3) is 0 Å². The van der Waals surface area contributed by atoms with E-state index in [9.17, 15) is 0 Å². The van der Waals surface area contributed by atoms with Crippen molar-refractivity contribution >= 4 is 0 Å². The number of quaternary nitrogens is 1. The highest BCUT2D eigenvalue weighted by molar-refractivity contribution is 5.27. The topological polar surface area (TPSA) is 12.0 Å². The maximum atomic E-state index is 3.68. The lowest BCUT2D eigenvalue weighted by Crippen LogP contribution is -2.45. The highest BCUT2D eigenvalue weighted by Crippen LogP contribution is 2.27. The van der Waals surface area contributed by atoms with E-state index in [-0.39, 0.29) is 0 Å². The first-order chi connectivity index (χ1) is 8.67. The summed E-state index contributed by atoms with van der Waals surface area (Å²) in [7, 11) is 2.38. The second-order valence-electron chi connectivity index (χ2n) is 5.90. The summed E-state index contributed by atoms with van der Waals surface area (Å²) < 4.78 is 1.16. The van der Waals surface area contributed by atoms with Gasteiger partial charge in [-0.15, -0.1) is 0 Å². The Hall–Kier alpha value is -0.860. The molecule has 100 valence electrons. The largest absolute Gasteiger partial charge is 0.317 e. The molecule has 0 unspecified atom stereocenters. The molecular formula is C16H27N2+. The molecule has 0 amide bonds. The molecule has 1 aromatic rings. The fraction of sp³-hybridized carbons (Fsp3) is 0.625. The Morgan fingerprint density at radius 1 is 1.11 bits per heavy atom. The molecule has 0 radical (unpaired) electrons. The summed E-state index contributed by atoms with van der Waals surface area (Å²) in [5.74, 6) is 0. The zero-order valence-electron chi connectivity index (χ0n) is 12.1. The molecule has 0 saturated heterocycles. The SMILES string of the molecule is CCC(CC)NCC[N+]1(C)Cc2ccccc2C1. The van der Waals surface area contributed by atoms with Crippen molar-refractivity contribution < 1.29 is 4.48 Å². The Labute approximate surface area is 112 Å². The van der Waals surface area contributed by atoms with E-state index in [0.717, 1.165) is 11.0 Å². The van der Waals surface area contributed by atoms with Crippen LogP contribution in [-0.4, -0.2) is 30.7 Å². The van der Waals surface area contributed by atoms with Crippen LogP contribution in [0.5, 0.6) is 0 Å². The lowest BCUT2D eigenvalue weighted by Gasteiger charge is -2.30. The second kappa shape index (κ2) is 5.85. The first-order valence-corrected chi connectivity index (χ1v) is 7.30. The van der Waals surface area contributed by atoms with Crippen molar-refractivity contribution in [2.45, 2.75) is 45.8 Å². The molecule has 0 spiro atoms. The molecule has 0 saturated carbocycles. The Balaban J connectivity index is 1.84. The zero-order chi connectivity index (χ0) is 13.0. The first kappa shape index (κ1) is 13.6. The van der Waals surface area contributed by atoms with Gasteiger partial charge in [-0.25, -0.2) is 0 Å². The van der Waals surface area contributed by atoms with Gasteiger partial charge < -0.3 is 9.80 Å². The van der Waals surface area contributed by atoms with E-state index in [1.165, 1.54) is 32.5 Å². The number of likely N-dealkylation sites (N-methyl/N-ethyl adjacent to an activating group) is 1. The van der Waals surface area contributed by atoms with Gasteiger partial charge in [0.15, 0.2) is 0 Å². The predicted octanol–water partition coefficient (Wildman–Crippen LogP) is 2.93. The molecule has 0 atom stereocenters. The van der Waals surface area contributed by atoms with E-state index in [2.05, 4.69) is 50.5 Å². The number of nitrogens with one attached hydrogen (secondary N) is 1. The highest BCUT2D eigenvalue weighted by atomic mass is 15.3. The van der Waals surface area contributed by atoms with Gasteiger partial charge in [-0.3, -0.25) is 0 Å². The van der Waals surface area contributed by atoms with Crippen molar-refractivity contribution in [3.63, 3.8) is 0 Å². The van der Waals surface area contributed by atoms with Gasteiger partial charge in [0, 0.05) is 23.7 Å². The van der Waals surface area contributed by atoms with E-state index in [4.69, 9.17) is 0 Å². The number of benzene rings is 1. The molecule has 1 aliphatic heterocycles. The number of hydrogen-bond acceptors (Lipinski definition) is 1. The molecule has 0 fully saturated rings. The van der Waals surface area contributed by atoms with E-state index in [0.29, 0.717) is 6.04 Å². The van der Waals surface area contributed by atoms with Crippen LogP contribution in [0.3, 0.4) is 0 Å². The minimum absolute atomic E-state index is 0.696. The normalized spacial score (nSPS) is 17.1. The molecule has 2 rings (SSSR count). The van der Waals surface area contributed by atoms with Crippen molar-refractivity contribution in [3.8, 4) is 0 Å². The Morgan fingerprint density at radius 2 is 1.67 bits per heavy atom. The molecule has 2 heteroatoms. The van der Waals surface area contributed by atoms with Crippen LogP contribution < -0.4 is 5.32 Å². The standard InChI is InChI=1S/C16H27N2/c1-4-16(5-2)17-10-11-18(3)12-14-8-6-7-9-15(14)13-18/h6-9,16-17H,4-5,10-13H2,1-3H3/q+1. The van der Waals surface area contributed by atoms with Crippen LogP contribution in [0.25, 0.3) is 0 Å². The smallest absolute Gasteiger partial charge is 0.105 e. The van der Waals surface area contributed by atoms with Crippen molar-refractivity contribution in [1.29, 1.82) is 0 Å². The zero-order valence-corrected chi connectivity index (χ0v) is 12.1. The van der Waals surface area contributed by atoms with E-state index in [1.807, 2.05) is 0 Å². The van der Waals surface area contributed by atoms with Gasteiger partial charge in [0.2, 0.25) is 0 Å². The van der Waals surface area contributed by atoms with Gasteiger partial charge in [-0.1, -0.05) is 38.1 Å². The maximum Gasteiger partial charge on any atom is 0.105 e. The molecule has 18 heavy (non-hydrogen) atoms. The summed E-state index contributed by atoms with van der Waals surface area (Å²) in [5.41, 5.74) is 3.09. The third-order valence-corrected chi connectivity index (χ3v) is 4.29. The van der Waals surface area contributed by atoms with Crippen molar-refractivity contribution in [1.82, 2.24) is 5.32 Å². The average Bonchev–Trinajstić information content (AvgIpc) is 2.71. The van der Waals surface area contributed by atoms with E-state index < -0.39 is 0 Å². The van der Waals surface area contributed by atoms with Crippen LogP contribution in [0.15, 0.2) is 24.3 Å². The summed E-state index contributed by atoms with van der Waals surface area (Å²) >= 11 is 0. The van der Waals surface area contributed by atoms with E-state index in [1.54, 1.807) is 11.1 Å². The molecule has 0 aromatic heterocycles.